The van der Waals surface area contributed by atoms with Gasteiger partial charge in [0.05, 0.1) is 0 Å². The molecule has 1 saturated heterocycles. The fourth-order valence-electron chi connectivity index (χ4n) is 1.13. The molecule has 0 radical (unpaired) electrons. The molecule has 2 N–H and O–H groups in total. The molecule has 14 heavy (non-hydrogen) atoms. The molecule has 0 spiro atoms. The number of rotatable bonds is 4. The maximum Gasteiger partial charge on any atom is 0.117 e. The molecule has 0 aromatic rings. The number of nitrogens with zero attached hydrogens (tertiary/aromatic N) is 1. The van der Waals surface area contributed by atoms with E-state index in [0.717, 1.165) is 13.0 Å². The van der Waals surface area contributed by atoms with E-state index in [0.29, 0.717) is 5.82 Å². The van der Waals surface area contributed by atoms with E-state index in [9.17, 15) is 0 Å². The summed E-state index contributed by atoms with van der Waals surface area (Å²) in [5.41, 5.74) is 0. The Morgan fingerprint density at radius 3 is 2.29 bits per heavy atom. The first-order valence-electron chi connectivity index (χ1n) is 5.41. The molecular formula is C11H23N3. The molecule has 0 aromatic carbocycles. The molecular weight excluding hydrogens is 174 g/mol. The third kappa shape index (κ3) is 9.26. The van der Waals surface area contributed by atoms with Crippen LogP contribution >= 0.6 is 0 Å². The lowest BCUT2D eigenvalue weighted by Crippen LogP contribution is -2.21. The normalized spacial score (nSPS) is 14.9. The van der Waals surface area contributed by atoms with E-state index in [4.69, 9.17) is 0 Å². The minimum atomic E-state index is 0.659. The molecule has 1 rings (SSSR count). The quantitative estimate of drug-likeness (QED) is 0.676. The van der Waals surface area contributed by atoms with Crippen molar-refractivity contribution >= 4 is 6.72 Å². The van der Waals surface area contributed by atoms with Crippen molar-refractivity contribution in [3.63, 3.8) is 0 Å². The standard InChI is InChI=1S/C6H12N2.C5H11N/c1-4-5-8-6(2)7-3;1-2-4-6-5-3-1/h8H,2-5H2,1H3;6H,1-5H2. The van der Waals surface area contributed by atoms with Gasteiger partial charge >= 0.3 is 0 Å². The van der Waals surface area contributed by atoms with E-state index in [1.807, 2.05) is 0 Å². The molecule has 0 unspecified atom stereocenters. The van der Waals surface area contributed by atoms with Crippen LogP contribution in [0.4, 0.5) is 0 Å². The molecule has 0 amide bonds. The monoisotopic (exact) mass is 197 g/mol. The highest BCUT2D eigenvalue weighted by molar-refractivity contribution is 5.27. The summed E-state index contributed by atoms with van der Waals surface area (Å²) in [6.07, 6.45) is 5.31. The molecule has 82 valence electrons. The summed E-state index contributed by atoms with van der Waals surface area (Å²) >= 11 is 0. The van der Waals surface area contributed by atoms with Crippen LogP contribution in [-0.2, 0) is 0 Å². The van der Waals surface area contributed by atoms with Crippen LogP contribution in [0, 0.1) is 0 Å². The Kier molecular flexibility index (Phi) is 9.64. The molecule has 0 saturated carbocycles. The van der Waals surface area contributed by atoms with Gasteiger partial charge in [0.25, 0.3) is 0 Å². The number of hydrogen-bond acceptors (Lipinski definition) is 3. The van der Waals surface area contributed by atoms with Gasteiger partial charge in [0.1, 0.15) is 5.82 Å². The second kappa shape index (κ2) is 10.3. The van der Waals surface area contributed by atoms with Gasteiger partial charge in [-0.25, -0.2) is 4.99 Å². The van der Waals surface area contributed by atoms with Gasteiger partial charge in [-0.1, -0.05) is 19.9 Å². The van der Waals surface area contributed by atoms with Crippen LogP contribution in [0.3, 0.4) is 0 Å². The first-order chi connectivity index (χ1) is 6.81. The predicted molar refractivity (Wildman–Crippen MR) is 63.7 cm³/mol. The summed E-state index contributed by atoms with van der Waals surface area (Å²) in [6, 6.07) is 0. The zero-order valence-corrected chi connectivity index (χ0v) is 9.31. The number of hydrogen-bond donors (Lipinski definition) is 2. The molecule has 1 fully saturated rings. The van der Waals surface area contributed by atoms with Crippen LogP contribution in [0.5, 0.6) is 0 Å². The summed E-state index contributed by atoms with van der Waals surface area (Å²) in [6.45, 7) is 12.4. The summed E-state index contributed by atoms with van der Waals surface area (Å²) in [4.78, 5) is 3.57. The van der Waals surface area contributed by atoms with Crippen molar-refractivity contribution in [3.8, 4) is 0 Å². The Hall–Kier alpha value is -0.830. The van der Waals surface area contributed by atoms with E-state index < -0.39 is 0 Å². The highest BCUT2D eigenvalue weighted by Gasteiger charge is 1.93. The molecule has 1 heterocycles. The predicted octanol–water partition coefficient (Wildman–Crippen LogP) is 1.92. The lowest BCUT2D eigenvalue weighted by atomic mass is 10.2. The number of piperidine rings is 1. The van der Waals surface area contributed by atoms with Gasteiger partial charge in [-0.05, 0) is 39.1 Å². The molecule has 3 nitrogen and oxygen atoms in total. The summed E-state index contributed by atoms with van der Waals surface area (Å²) in [5.74, 6) is 0.659. The molecule has 0 atom stereocenters. The Morgan fingerprint density at radius 2 is 2.00 bits per heavy atom. The van der Waals surface area contributed by atoms with Crippen LogP contribution in [0.1, 0.15) is 32.6 Å². The molecule has 3 heteroatoms. The lowest BCUT2D eigenvalue weighted by molar-refractivity contribution is 0.520. The lowest BCUT2D eigenvalue weighted by Gasteiger charge is -2.08. The van der Waals surface area contributed by atoms with Gasteiger partial charge in [0.15, 0.2) is 0 Å². The van der Waals surface area contributed by atoms with Crippen LogP contribution in [-0.4, -0.2) is 26.4 Å². The van der Waals surface area contributed by atoms with Gasteiger partial charge in [0.2, 0.25) is 0 Å². The largest absolute Gasteiger partial charge is 0.371 e. The average molecular weight is 197 g/mol. The fraction of sp³-hybridized carbons (Fsp3) is 0.727. The Morgan fingerprint density at radius 1 is 1.36 bits per heavy atom. The topological polar surface area (TPSA) is 36.4 Å². The summed E-state index contributed by atoms with van der Waals surface area (Å²) in [7, 11) is 0. The van der Waals surface area contributed by atoms with Crippen LogP contribution in [0.2, 0.25) is 0 Å². The second-order valence-corrected chi connectivity index (χ2v) is 3.34. The second-order valence-electron chi connectivity index (χ2n) is 3.34. The fourth-order valence-corrected chi connectivity index (χ4v) is 1.13. The SMILES string of the molecule is C1CCNCC1.C=NC(=C)NCCC. The van der Waals surface area contributed by atoms with Crippen molar-refractivity contribution in [1.82, 2.24) is 10.6 Å². The van der Waals surface area contributed by atoms with Crippen molar-refractivity contribution in [2.24, 2.45) is 4.99 Å². The molecule has 1 aliphatic rings. The Bertz CT molecular complexity index is 139. The minimum Gasteiger partial charge on any atom is -0.371 e. The summed E-state index contributed by atoms with van der Waals surface area (Å²) < 4.78 is 0. The molecule has 0 aliphatic carbocycles. The highest BCUT2D eigenvalue weighted by Crippen LogP contribution is 1.96. The highest BCUT2D eigenvalue weighted by atomic mass is 15.0. The maximum atomic E-state index is 3.57. The average Bonchev–Trinajstić information content (AvgIpc) is 2.29. The van der Waals surface area contributed by atoms with Crippen LogP contribution < -0.4 is 10.6 Å². The van der Waals surface area contributed by atoms with Crippen molar-refractivity contribution in [1.29, 1.82) is 0 Å². The maximum absolute atomic E-state index is 3.57. The van der Waals surface area contributed by atoms with Crippen LogP contribution in [0.15, 0.2) is 17.4 Å². The van der Waals surface area contributed by atoms with E-state index in [1.165, 1.54) is 32.4 Å². The smallest absolute Gasteiger partial charge is 0.117 e. The van der Waals surface area contributed by atoms with Crippen LogP contribution in [0.25, 0.3) is 0 Å². The Labute approximate surface area is 87.7 Å². The van der Waals surface area contributed by atoms with Crippen molar-refractivity contribution in [3.05, 3.63) is 12.4 Å². The summed E-state index contributed by atoms with van der Waals surface area (Å²) in [5, 5.41) is 6.24. The number of nitrogens with one attached hydrogen (secondary N) is 2. The van der Waals surface area contributed by atoms with E-state index in [-0.39, 0.29) is 0 Å². The van der Waals surface area contributed by atoms with E-state index in [1.54, 1.807) is 0 Å². The third-order valence-electron chi connectivity index (χ3n) is 1.98. The van der Waals surface area contributed by atoms with E-state index in [2.05, 4.69) is 35.8 Å². The zero-order valence-electron chi connectivity index (χ0n) is 9.31. The van der Waals surface area contributed by atoms with E-state index >= 15 is 0 Å². The van der Waals surface area contributed by atoms with Crippen molar-refractivity contribution in [2.45, 2.75) is 32.6 Å². The molecule has 0 aromatic heterocycles. The minimum absolute atomic E-state index is 0.659. The van der Waals surface area contributed by atoms with Gasteiger partial charge in [-0.2, -0.15) is 0 Å². The number of aliphatic imine (C=N–C) groups is 1. The van der Waals surface area contributed by atoms with Gasteiger partial charge < -0.3 is 10.6 Å². The van der Waals surface area contributed by atoms with Crippen molar-refractivity contribution < 1.29 is 0 Å². The van der Waals surface area contributed by atoms with Crippen molar-refractivity contribution in [2.75, 3.05) is 19.6 Å². The first kappa shape index (κ1) is 13.2. The third-order valence-corrected chi connectivity index (χ3v) is 1.98. The Balaban J connectivity index is 0.000000249. The molecule has 1 aliphatic heterocycles. The first-order valence-corrected chi connectivity index (χ1v) is 5.41. The van der Waals surface area contributed by atoms with Gasteiger partial charge in [0, 0.05) is 6.54 Å². The van der Waals surface area contributed by atoms with Gasteiger partial charge in [-0.15, -0.1) is 0 Å². The van der Waals surface area contributed by atoms with Gasteiger partial charge in [-0.3, -0.25) is 0 Å². The zero-order chi connectivity index (χ0) is 10.6. The molecule has 0 bridgehead atoms.